The molecule has 0 aliphatic heterocycles. The molecule has 2 aromatic rings. The molecule has 0 bridgehead atoms. The minimum atomic E-state index is -3.43. The van der Waals surface area contributed by atoms with E-state index in [4.69, 9.17) is 4.52 Å². The Balaban J connectivity index is 0.00000264. The van der Waals surface area contributed by atoms with E-state index in [1.165, 1.54) is 19.1 Å². The zero-order valence-electron chi connectivity index (χ0n) is 13.0. The number of aromatic nitrogens is 2. The minimum Gasteiger partial charge on any atom is -0.334 e. The van der Waals surface area contributed by atoms with Crippen LogP contribution in [-0.2, 0) is 16.3 Å². The highest BCUT2D eigenvalue weighted by Gasteiger charge is 2.19. The van der Waals surface area contributed by atoms with Crippen molar-refractivity contribution >= 4 is 22.2 Å². The molecule has 128 valence electrons. The van der Waals surface area contributed by atoms with E-state index >= 15 is 0 Å². The summed E-state index contributed by atoms with van der Waals surface area (Å²) in [5.74, 6) is -0.261. The maximum atomic E-state index is 14.0. The average molecular weight is 364 g/mol. The Bertz CT molecular complexity index is 764. The van der Waals surface area contributed by atoms with Crippen molar-refractivity contribution in [1.82, 2.24) is 15.5 Å². The first-order valence-corrected chi connectivity index (χ1v) is 8.55. The third-order valence-electron chi connectivity index (χ3n) is 3.36. The van der Waals surface area contributed by atoms with Crippen LogP contribution in [0.5, 0.6) is 0 Å². The van der Waals surface area contributed by atoms with E-state index in [2.05, 4.69) is 15.5 Å². The van der Waals surface area contributed by atoms with E-state index in [1.54, 1.807) is 0 Å². The summed E-state index contributed by atoms with van der Waals surface area (Å²) < 4.78 is 42.8. The number of hydrogen-bond donors (Lipinski definition) is 1. The average Bonchev–Trinajstić information content (AvgIpc) is 2.95. The molecular weight excluding hydrogens is 345 g/mol. The lowest BCUT2D eigenvalue weighted by molar-refractivity contribution is 0.416. The van der Waals surface area contributed by atoms with Crippen LogP contribution in [0.4, 0.5) is 4.39 Å². The number of hydrogen-bond acceptors (Lipinski definition) is 6. The van der Waals surface area contributed by atoms with Gasteiger partial charge in [-0.05, 0) is 32.2 Å². The molecule has 1 heterocycles. The normalized spacial score (nSPS) is 12.7. The summed E-state index contributed by atoms with van der Waals surface area (Å²) in [7, 11) is -1.62. The third-order valence-corrected chi connectivity index (χ3v) is 5.09. The third kappa shape index (κ3) is 4.49. The summed E-state index contributed by atoms with van der Waals surface area (Å²) >= 11 is 0. The van der Waals surface area contributed by atoms with Crippen LogP contribution < -0.4 is 5.32 Å². The van der Waals surface area contributed by atoms with E-state index < -0.39 is 15.7 Å². The lowest BCUT2D eigenvalue weighted by Gasteiger charge is -2.05. The Morgan fingerprint density at radius 2 is 2.09 bits per heavy atom. The van der Waals surface area contributed by atoms with Crippen molar-refractivity contribution in [2.75, 3.05) is 12.8 Å². The summed E-state index contributed by atoms with van der Waals surface area (Å²) in [5, 5.41) is 6.83. The molecule has 1 aromatic carbocycles. The molecule has 0 saturated carbocycles. The lowest BCUT2D eigenvalue weighted by Crippen LogP contribution is -2.24. The maximum Gasteiger partial charge on any atom is 0.260 e. The Morgan fingerprint density at radius 3 is 2.70 bits per heavy atom. The quantitative estimate of drug-likeness (QED) is 0.792. The molecule has 0 aliphatic carbocycles. The molecule has 9 heteroatoms. The fraction of sp³-hybridized carbons (Fsp3) is 0.429. The van der Waals surface area contributed by atoms with Gasteiger partial charge >= 0.3 is 0 Å². The first kappa shape index (κ1) is 19.5. The number of benzene rings is 1. The van der Waals surface area contributed by atoms with Crippen molar-refractivity contribution < 1.29 is 17.3 Å². The summed E-state index contributed by atoms with van der Waals surface area (Å²) in [6.45, 7) is 3.48. The van der Waals surface area contributed by atoms with Crippen LogP contribution in [0.3, 0.4) is 0 Å². The summed E-state index contributed by atoms with van der Waals surface area (Å²) in [6.07, 6.45) is 0.522. The van der Waals surface area contributed by atoms with E-state index in [-0.39, 0.29) is 40.6 Å². The van der Waals surface area contributed by atoms with Gasteiger partial charge in [0, 0.05) is 12.5 Å². The van der Waals surface area contributed by atoms with Gasteiger partial charge in [-0.1, -0.05) is 12.1 Å². The molecule has 2 rings (SSSR count). The van der Waals surface area contributed by atoms with Crippen molar-refractivity contribution in [2.45, 2.75) is 31.2 Å². The molecule has 0 amide bonds. The van der Waals surface area contributed by atoms with Crippen LogP contribution in [0.2, 0.25) is 0 Å². The van der Waals surface area contributed by atoms with Crippen molar-refractivity contribution in [1.29, 1.82) is 0 Å². The predicted molar refractivity (Wildman–Crippen MR) is 86.9 cm³/mol. The van der Waals surface area contributed by atoms with Gasteiger partial charge in [0.15, 0.2) is 15.7 Å². The van der Waals surface area contributed by atoms with Crippen LogP contribution in [0.15, 0.2) is 27.6 Å². The van der Waals surface area contributed by atoms with Crippen molar-refractivity contribution in [3.05, 3.63) is 29.8 Å². The Labute approximate surface area is 140 Å². The molecule has 1 unspecified atom stereocenters. The SMILES string of the molecule is CCS(=O)(=O)c1ccc(F)c(-c2nc(CC(C)NC)no2)c1.Cl. The molecule has 0 fully saturated rings. The standard InChI is InChI=1S/C14H18FN3O3S.ClH/c1-4-22(19,20)10-5-6-12(15)11(8-10)14-17-13(18-21-14)7-9(2)16-3;/h5-6,8-9,16H,4,7H2,1-3H3;1H. The molecule has 1 aromatic heterocycles. The molecule has 1 atom stereocenters. The van der Waals surface area contributed by atoms with E-state index in [0.717, 1.165) is 6.07 Å². The summed E-state index contributed by atoms with van der Waals surface area (Å²) in [6, 6.07) is 3.70. The number of nitrogens with one attached hydrogen (secondary N) is 1. The number of likely N-dealkylation sites (N-methyl/N-ethyl adjacent to an activating group) is 1. The smallest absolute Gasteiger partial charge is 0.260 e. The number of nitrogens with zero attached hydrogens (tertiary/aromatic N) is 2. The zero-order chi connectivity index (χ0) is 16.3. The monoisotopic (exact) mass is 363 g/mol. The van der Waals surface area contributed by atoms with Gasteiger partial charge in [0.2, 0.25) is 0 Å². The van der Waals surface area contributed by atoms with Gasteiger partial charge in [0.25, 0.3) is 5.89 Å². The van der Waals surface area contributed by atoms with E-state index in [1.807, 2.05) is 14.0 Å². The molecule has 0 saturated heterocycles. The second-order valence-electron chi connectivity index (χ2n) is 4.95. The molecular formula is C14H19ClFN3O3S. The van der Waals surface area contributed by atoms with Crippen molar-refractivity contribution in [2.24, 2.45) is 0 Å². The van der Waals surface area contributed by atoms with Gasteiger partial charge < -0.3 is 9.84 Å². The highest BCUT2D eigenvalue weighted by atomic mass is 35.5. The maximum absolute atomic E-state index is 14.0. The van der Waals surface area contributed by atoms with Crippen LogP contribution >= 0.6 is 12.4 Å². The molecule has 0 aliphatic rings. The fourth-order valence-electron chi connectivity index (χ4n) is 1.85. The van der Waals surface area contributed by atoms with Crippen LogP contribution in [-0.4, -0.2) is 37.4 Å². The van der Waals surface area contributed by atoms with Crippen LogP contribution in [0, 0.1) is 5.82 Å². The minimum absolute atomic E-state index is 0. The molecule has 0 radical (unpaired) electrons. The van der Waals surface area contributed by atoms with Gasteiger partial charge in [-0.15, -0.1) is 12.4 Å². The lowest BCUT2D eigenvalue weighted by atomic mass is 10.2. The fourth-order valence-corrected chi connectivity index (χ4v) is 2.76. The largest absolute Gasteiger partial charge is 0.334 e. The predicted octanol–water partition coefficient (Wildman–Crippen LogP) is 2.24. The number of sulfone groups is 1. The van der Waals surface area contributed by atoms with Crippen molar-refractivity contribution in [3.8, 4) is 11.5 Å². The second kappa shape index (κ2) is 7.85. The van der Waals surface area contributed by atoms with Crippen LogP contribution in [0.1, 0.15) is 19.7 Å². The number of rotatable bonds is 6. The van der Waals surface area contributed by atoms with E-state index in [0.29, 0.717) is 12.2 Å². The highest BCUT2D eigenvalue weighted by molar-refractivity contribution is 7.91. The summed E-state index contributed by atoms with van der Waals surface area (Å²) in [4.78, 5) is 4.16. The zero-order valence-corrected chi connectivity index (χ0v) is 14.7. The molecule has 6 nitrogen and oxygen atoms in total. The van der Waals surface area contributed by atoms with E-state index in [9.17, 15) is 12.8 Å². The summed E-state index contributed by atoms with van der Waals surface area (Å²) in [5.41, 5.74) is -0.00890. The topological polar surface area (TPSA) is 85.1 Å². The second-order valence-corrected chi connectivity index (χ2v) is 7.23. The Hall–Kier alpha value is -1.51. The van der Waals surface area contributed by atoms with Crippen LogP contribution in [0.25, 0.3) is 11.5 Å². The van der Waals surface area contributed by atoms with Gasteiger partial charge in [0.1, 0.15) is 5.82 Å². The van der Waals surface area contributed by atoms with Gasteiger partial charge in [-0.25, -0.2) is 12.8 Å². The molecule has 0 spiro atoms. The first-order valence-electron chi connectivity index (χ1n) is 6.90. The molecule has 23 heavy (non-hydrogen) atoms. The van der Waals surface area contributed by atoms with Gasteiger partial charge in [-0.2, -0.15) is 4.98 Å². The Morgan fingerprint density at radius 1 is 1.39 bits per heavy atom. The molecule has 1 N–H and O–H groups in total. The van der Waals surface area contributed by atoms with Crippen molar-refractivity contribution in [3.63, 3.8) is 0 Å². The highest BCUT2D eigenvalue weighted by Crippen LogP contribution is 2.25. The van der Waals surface area contributed by atoms with Gasteiger partial charge in [0.05, 0.1) is 16.2 Å². The first-order chi connectivity index (χ1) is 10.4. The van der Waals surface area contributed by atoms with Gasteiger partial charge in [-0.3, -0.25) is 0 Å². The Kier molecular flexibility index (Phi) is 6.67. The number of halogens is 2.